The van der Waals surface area contributed by atoms with Crippen molar-refractivity contribution in [3.05, 3.63) is 29.3 Å². The molecule has 1 aliphatic carbocycles. The highest BCUT2D eigenvalue weighted by Gasteiger charge is 2.25. The molecular formula is C18H28N2O3S. The first kappa shape index (κ1) is 18.9. The van der Waals surface area contributed by atoms with Crippen molar-refractivity contribution < 1.29 is 13.2 Å². The molecule has 0 spiro atoms. The molecule has 0 aliphatic heterocycles. The molecule has 1 fully saturated rings. The van der Waals surface area contributed by atoms with Crippen molar-refractivity contribution in [1.82, 2.24) is 9.62 Å². The molecular weight excluding hydrogens is 324 g/mol. The van der Waals surface area contributed by atoms with E-state index in [2.05, 4.69) is 12.2 Å². The third-order valence-corrected chi connectivity index (χ3v) is 6.73. The molecule has 134 valence electrons. The highest BCUT2D eigenvalue weighted by molar-refractivity contribution is 7.89. The van der Waals surface area contributed by atoms with Crippen LogP contribution in [0, 0.1) is 19.8 Å². The van der Waals surface area contributed by atoms with Crippen LogP contribution in [0.25, 0.3) is 0 Å². The van der Waals surface area contributed by atoms with Gasteiger partial charge < -0.3 is 5.32 Å². The number of rotatable bonds is 5. The average molecular weight is 353 g/mol. The number of hydrogen-bond acceptors (Lipinski definition) is 3. The lowest BCUT2D eigenvalue weighted by Gasteiger charge is -2.27. The van der Waals surface area contributed by atoms with Gasteiger partial charge >= 0.3 is 0 Å². The number of likely N-dealkylation sites (N-methyl/N-ethyl adjacent to an activating group) is 1. The smallest absolute Gasteiger partial charge is 0.243 e. The Morgan fingerprint density at radius 1 is 1.17 bits per heavy atom. The first-order chi connectivity index (χ1) is 11.2. The van der Waals surface area contributed by atoms with Gasteiger partial charge in [-0.05, 0) is 68.7 Å². The molecule has 1 amide bonds. The van der Waals surface area contributed by atoms with Gasteiger partial charge in [-0.2, -0.15) is 4.31 Å². The number of nitrogens with zero attached hydrogens (tertiary/aromatic N) is 1. The fraction of sp³-hybridized carbons (Fsp3) is 0.611. The monoisotopic (exact) mass is 352 g/mol. The second kappa shape index (κ2) is 7.66. The van der Waals surface area contributed by atoms with E-state index in [9.17, 15) is 13.2 Å². The number of aryl methyl sites for hydroxylation is 2. The van der Waals surface area contributed by atoms with Crippen molar-refractivity contribution >= 4 is 15.9 Å². The van der Waals surface area contributed by atoms with E-state index >= 15 is 0 Å². The van der Waals surface area contributed by atoms with Crippen LogP contribution >= 0.6 is 0 Å². The minimum absolute atomic E-state index is 0.151. The Labute approximate surface area is 145 Å². The Bertz CT molecular complexity index is 692. The number of hydrogen-bond donors (Lipinski definition) is 1. The van der Waals surface area contributed by atoms with Crippen molar-refractivity contribution in [2.75, 3.05) is 13.6 Å². The zero-order valence-electron chi connectivity index (χ0n) is 15.0. The number of benzene rings is 1. The third kappa shape index (κ3) is 4.57. The van der Waals surface area contributed by atoms with Gasteiger partial charge in [0.2, 0.25) is 15.9 Å². The van der Waals surface area contributed by atoms with Crippen molar-refractivity contribution in [1.29, 1.82) is 0 Å². The Balaban J connectivity index is 1.98. The third-order valence-electron chi connectivity index (χ3n) is 4.93. The topological polar surface area (TPSA) is 66.5 Å². The van der Waals surface area contributed by atoms with Gasteiger partial charge in [0.25, 0.3) is 0 Å². The highest BCUT2D eigenvalue weighted by Crippen LogP contribution is 2.23. The fourth-order valence-corrected chi connectivity index (χ4v) is 4.23. The molecule has 0 aromatic heterocycles. The number of carbonyl (C=O) groups excluding carboxylic acids is 1. The minimum atomic E-state index is -3.65. The normalized spacial score (nSPS) is 21.7. The fourth-order valence-electron chi connectivity index (χ4n) is 3.02. The Morgan fingerprint density at radius 2 is 1.79 bits per heavy atom. The molecule has 1 N–H and O–H groups in total. The predicted molar refractivity (Wildman–Crippen MR) is 95.3 cm³/mol. The van der Waals surface area contributed by atoms with E-state index < -0.39 is 10.0 Å². The van der Waals surface area contributed by atoms with Crippen molar-refractivity contribution in [2.24, 2.45) is 5.92 Å². The maximum absolute atomic E-state index is 12.6. The number of sulfonamides is 1. The van der Waals surface area contributed by atoms with Gasteiger partial charge in [-0.25, -0.2) is 8.42 Å². The molecule has 1 aromatic rings. The van der Waals surface area contributed by atoms with E-state index in [4.69, 9.17) is 0 Å². The predicted octanol–water partition coefficient (Wildman–Crippen LogP) is 2.62. The van der Waals surface area contributed by atoms with E-state index in [1.165, 1.54) is 7.05 Å². The summed E-state index contributed by atoms with van der Waals surface area (Å²) in [6.45, 7) is 5.89. The van der Waals surface area contributed by atoms with Gasteiger partial charge in [-0.3, -0.25) is 4.79 Å². The van der Waals surface area contributed by atoms with E-state index in [0.29, 0.717) is 5.92 Å². The standard InChI is InChI=1S/C18H28N2O3S/c1-13-5-8-16(9-6-13)19-18(21)12-20(4)24(22,23)17-10-7-14(2)15(3)11-17/h7,10-11,13,16H,5-6,8-9,12H2,1-4H3,(H,19,21). The summed E-state index contributed by atoms with van der Waals surface area (Å²) < 4.78 is 26.3. The first-order valence-corrected chi connectivity index (χ1v) is 9.97. The van der Waals surface area contributed by atoms with Crippen LogP contribution in [0.4, 0.5) is 0 Å². The lowest BCUT2D eigenvalue weighted by molar-refractivity contribution is -0.122. The van der Waals surface area contributed by atoms with Gasteiger partial charge in [0, 0.05) is 13.1 Å². The summed E-state index contributed by atoms with van der Waals surface area (Å²) >= 11 is 0. The minimum Gasteiger partial charge on any atom is -0.352 e. The lowest BCUT2D eigenvalue weighted by atomic mass is 9.87. The van der Waals surface area contributed by atoms with Crippen LogP contribution < -0.4 is 5.32 Å². The summed E-state index contributed by atoms with van der Waals surface area (Å²) in [5.41, 5.74) is 1.96. The van der Waals surface area contributed by atoms with Gasteiger partial charge in [-0.15, -0.1) is 0 Å². The molecule has 0 saturated heterocycles. The van der Waals surface area contributed by atoms with Crippen LogP contribution in [-0.4, -0.2) is 38.3 Å². The lowest BCUT2D eigenvalue weighted by Crippen LogP contribution is -2.43. The molecule has 0 atom stereocenters. The molecule has 0 radical (unpaired) electrons. The Morgan fingerprint density at radius 3 is 2.38 bits per heavy atom. The molecule has 1 aliphatic rings. The maximum atomic E-state index is 12.6. The summed E-state index contributed by atoms with van der Waals surface area (Å²) in [5, 5.41) is 2.97. The van der Waals surface area contributed by atoms with Crippen LogP contribution in [0.1, 0.15) is 43.7 Å². The zero-order chi connectivity index (χ0) is 17.9. The van der Waals surface area contributed by atoms with E-state index in [1.54, 1.807) is 18.2 Å². The SMILES string of the molecule is Cc1ccc(S(=O)(=O)N(C)CC(=O)NC2CCC(C)CC2)cc1C. The summed E-state index contributed by atoms with van der Waals surface area (Å²) in [7, 11) is -2.20. The summed E-state index contributed by atoms with van der Waals surface area (Å²) in [5.74, 6) is 0.482. The first-order valence-electron chi connectivity index (χ1n) is 8.53. The molecule has 1 aromatic carbocycles. The summed E-state index contributed by atoms with van der Waals surface area (Å²) in [6, 6.07) is 5.21. The van der Waals surface area contributed by atoms with Gasteiger partial charge in [-0.1, -0.05) is 13.0 Å². The van der Waals surface area contributed by atoms with E-state index in [1.807, 2.05) is 13.8 Å². The van der Waals surface area contributed by atoms with Crippen molar-refractivity contribution in [3.8, 4) is 0 Å². The molecule has 5 nitrogen and oxygen atoms in total. The Hall–Kier alpha value is -1.40. The second-order valence-corrected chi connectivity index (χ2v) is 9.08. The van der Waals surface area contributed by atoms with Gasteiger partial charge in [0.1, 0.15) is 0 Å². The van der Waals surface area contributed by atoms with Crippen LogP contribution in [0.3, 0.4) is 0 Å². The largest absolute Gasteiger partial charge is 0.352 e. The molecule has 2 rings (SSSR count). The van der Waals surface area contributed by atoms with Crippen molar-refractivity contribution in [2.45, 2.75) is 57.4 Å². The molecule has 0 bridgehead atoms. The molecule has 0 unspecified atom stereocenters. The molecule has 24 heavy (non-hydrogen) atoms. The number of nitrogens with one attached hydrogen (secondary N) is 1. The molecule has 6 heteroatoms. The highest BCUT2D eigenvalue weighted by atomic mass is 32.2. The molecule has 1 saturated carbocycles. The van der Waals surface area contributed by atoms with Crippen LogP contribution in [0.2, 0.25) is 0 Å². The summed E-state index contributed by atoms with van der Waals surface area (Å²) in [6.07, 6.45) is 4.17. The van der Waals surface area contributed by atoms with Crippen LogP contribution in [0.15, 0.2) is 23.1 Å². The summed E-state index contributed by atoms with van der Waals surface area (Å²) in [4.78, 5) is 12.4. The average Bonchev–Trinajstić information content (AvgIpc) is 2.52. The van der Waals surface area contributed by atoms with Crippen LogP contribution in [0.5, 0.6) is 0 Å². The van der Waals surface area contributed by atoms with E-state index in [0.717, 1.165) is 41.1 Å². The molecule has 0 heterocycles. The second-order valence-electron chi connectivity index (χ2n) is 7.03. The van der Waals surface area contributed by atoms with Crippen LogP contribution in [-0.2, 0) is 14.8 Å². The zero-order valence-corrected chi connectivity index (χ0v) is 15.8. The maximum Gasteiger partial charge on any atom is 0.243 e. The van der Waals surface area contributed by atoms with Gasteiger partial charge in [0.15, 0.2) is 0 Å². The van der Waals surface area contributed by atoms with Gasteiger partial charge in [0.05, 0.1) is 11.4 Å². The number of carbonyl (C=O) groups is 1. The Kier molecular flexibility index (Phi) is 6.04. The van der Waals surface area contributed by atoms with E-state index in [-0.39, 0.29) is 23.4 Å². The quantitative estimate of drug-likeness (QED) is 0.886. The number of amides is 1. The van der Waals surface area contributed by atoms with Crippen molar-refractivity contribution in [3.63, 3.8) is 0 Å².